The lowest BCUT2D eigenvalue weighted by Gasteiger charge is -2.30. The van der Waals surface area contributed by atoms with E-state index in [0.29, 0.717) is 19.0 Å². The van der Waals surface area contributed by atoms with Crippen molar-refractivity contribution in [3.63, 3.8) is 0 Å². The third-order valence-electron chi connectivity index (χ3n) is 3.16. The van der Waals surface area contributed by atoms with Crippen LogP contribution in [0, 0.1) is 0 Å². The molecule has 0 heterocycles. The second kappa shape index (κ2) is 10.3. The van der Waals surface area contributed by atoms with Crippen molar-refractivity contribution in [2.24, 2.45) is 0 Å². The fraction of sp³-hybridized carbons (Fsp3) is 0.929. The van der Waals surface area contributed by atoms with Crippen molar-refractivity contribution < 1.29 is 9.90 Å². The van der Waals surface area contributed by atoms with E-state index in [1.165, 1.54) is 0 Å². The molecule has 0 unspecified atom stereocenters. The van der Waals surface area contributed by atoms with E-state index in [1.807, 2.05) is 4.90 Å². The molecule has 108 valence electrons. The molecule has 0 atom stereocenters. The molecule has 0 radical (unpaired) electrons. The molecule has 0 rings (SSSR count). The van der Waals surface area contributed by atoms with Crippen LogP contribution >= 0.6 is 0 Å². The standard InChI is InChI=1S/C14H30N2O2/c1-5-13(6-2)16(10-11-17)14(18)8-7-9-15-12(3)4/h12-13,15,17H,5-11H2,1-4H3. The summed E-state index contributed by atoms with van der Waals surface area (Å²) in [6.07, 6.45) is 3.33. The molecule has 18 heavy (non-hydrogen) atoms. The summed E-state index contributed by atoms with van der Waals surface area (Å²) >= 11 is 0. The molecule has 0 aromatic carbocycles. The van der Waals surface area contributed by atoms with Crippen LogP contribution in [0.1, 0.15) is 53.4 Å². The van der Waals surface area contributed by atoms with Gasteiger partial charge in [0.25, 0.3) is 0 Å². The van der Waals surface area contributed by atoms with Crippen LogP contribution in [0.3, 0.4) is 0 Å². The number of carbonyl (C=O) groups excluding carboxylic acids is 1. The molecule has 0 aliphatic heterocycles. The first kappa shape index (κ1) is 17.4. The van der Waals surface area contributed by atoms with E-state index in [1.54, 1.807) is 0 Å². The number of aliphatic hydroxyl groups is 1. The Kier molecular flexibility index (Phi) is 9.98. The normalized spacial score (nSPS) is 11.3. The maximum atomic E-state index is 12.1. The van der Waals surface area contributed by atoms with Gasteiger partial charge in [0, 0.05) is 25.0 Å². The van der Waals surface area contributed by atoms with Gasteiger partial charge in [-0.3, -0.25) is 4.79 Å². The van der Waals surface area contributed by atoms with Crippen LogP contribution in [-0.4, -0.2) is 47.7 Å². The number of rotatable bonds is 10. The van der Waals surface area contributed by atoms with E-state index in [2.05, 4.69) is 33.0 Å². The van der Waals surface area contributed by atoms with Crippen molar-refractivity contribution in [3.8, 4) is 0 Å². The summed E-state index contributed by atoms with van der Waals surface area (Å²) < 4.78 is 0. The number of hydrogen-bond donors (Lipinski definition) is 2. The number of hydrogen-bond acceptors (Lipinski definition) is 3. The van der Waals surface area contributed by atoms with E-state index in [9.17, 15) is 4.79 Å². The Bertz CT molecular complexity index is 216. The first-order valence-electron chi connectivity index (χ1n) is 7.20. The summed E-state index contributed by atoms with van der Waals surface area (Å²) in [6, 6.07) is 0.732. The molecule has 0 fully saturated rings. The Hall–Kier alpha value is -0.610. The average molecular weight is 258 g/mol. The Morgan fingerprint density at radius 3 is 2.33 bits per heavy atom. The third kappa shape index (κ3) is 6.97. The summed E-state index contributed by atoms with van der Waals surface area (Å²) in [7, 11) is 0. The SMILES string of the molecule is CCC(CC)N(CCO)C(=O)CCCNC(C)C. The van der Waals surface area contributed by atoms with E-state index < -0.39 is 0 Å². The van der Waals surface area contributed by atoms with Gasteiger partial charge in [-0.25, -0.2) is 0 Å². The molecule has 0 aliphatic rings. The molecule has 2 N–H and O–H groups in total. The molecule has 1 amide bonds. The highest BCUT2D eigenvalue weighted by Gasteiger charge is 2.19. The van der Waals surface area contributed by atoms with Crippen molar-refractivity contribution >= 4 is 5.91 Å². The molecule has 0 aromatic heterocycles. The van der Waals surface area contributed by atoms with Crippen LogP contribution in [-0.2, 0) is 4.79 Å². The van der Waals surface area contributed by atoms with E-state index >= 15 is 0 Å². The van der Waals surface area contributed by atoms with E-state index in [4.69, 9.17) is 5.11 Å². The molecule has 0 saturated carbocycles. The van der Waals surface area contributed by atoms with Gasteiger partial charge in [0.15, 0.2) is 0 Å². The Morgan fingerprint density at radius 2 is 1.89 bits per heavy atom. The van der Waals surface area contributed by atoms with Crippen LogP contribution in [0.5, 0.6) is 0 Å². The first-order chi connectivity index (χ1) is 8.56. The Balaban J connectivity index is 4.13. The molecule has 4 nitrogen and oxygen atoms in total. The number of amides is 1. The maximum Gasteiger partial charge on any atom is 0.222 e. The molecular formula is C14H30N2O2. The molecule has 0 aromatic rings. The first-order valence-corrected chi connectivity index (χ1v) is 7.20. The molecule has 0 saturated heterocycles. The quantitative estimate of drug-likeness (QED) is 0.587. The minimum Gasteiger partial charge on any atom is -0.395 e. The van der Waals surface area contributed by atoms with Gasteiger partial charge < -0.3 is 15.3 Å². The van der Waals surface area contributed by atoms with Crippen molar-refractivity contribution in [3.05, 3.63) is 0 Å². The summed E-state index contributed by atoms with van der Waals surface area (Å²) in [5, 5.41) is 12.4. The number of carbonyl (C=O) groups is 1. The van der Waals surface area contributed by atoms with Gasteiger partial charge in [0.2, 0.25) is 5.91 Å². The fourth-order valence-corrected chi connectivity index (χ4v) is 2.12. The van der Waals surface area contributed by atoms with Gasteiger partial charge in [0.05, 0.1) is 6.61 Å². The second-order valence-corrected chi connectivity index (χ2v) is 4.99. The lowest BCUT2D eigenvalue weighted by Crippen LogP contribution is -2.41. The van der Waals surface area contributed by atoms with Crippen LogP contribution in [0.4, 0.5) is 0 Å². The topological polar surface area (TPSA) is 52.6 Å². The maximum absolute atomic E-state index is 12.1. The van der Waals surface area contributed by atoms with Crippen molar-refractivity contribution in [1.82, 2.24) is 10.2 Å². The smallest absolute Gasteiger partial charge is 0.222 e. The monoisotopic (exact) mass is 258 g/mol. The third-order valence-corrected chi connectivity index (χ3v) is 3.16. The zero-order valence-electron chi connectivity index (χ0n) is 12.4. The number of nitrogens with one attached hydrogen (secondary N) is 1. The number of aliphatic hydroxyl groups excluding tert-OH is 1. The zero-order chi connectivity index (χ0) is 14.0. The Morgan fingerprint density at radius 1 is 1.28 bits per heavy atom. The van der Waals surface area contributed by atoms with Gasteiger partial charge in [-0.2, -0.15) is 0 Å². The molecule has 0 aliphatic carbocycles. The van der Waals surface area contributed by atoms with E-state index in [0.717, 1.165) is 25.8 Å². The van der Waals surface area contributed by atoms with Crippen LogP contribution in [0.25, 0.3) is 0 Å². The highest BCUT2D eigenvalue weighted by atomic mass is 16.3. The molecule has 0 bridgehead atoms. The highest BCUT2D eigenvalue weighted by molar-refractivity contribution is 5.76. The van der Waals surface area contributed by atoms with E-state index in [-0.39, 0.29) is 18.6 Å². The minimum absolute atomic E-state index is 0.0481. The predicted octanol–water partition coefficient (Wildman–Crippen LogP) is 1.77. The van der Waals surface area contributed by atoms with Gasteiger partial charge in [-0.1, -0.05) is 27.7 Å². The summed E-state index contributed by atoms with van der Waals surface area (Å²) in [5.41, 5.74) is 0. The Labute approximate surface area is 112 Å². The second-order valence-electron chi connectivity index (χ2n) is 4.99. The molecule has 0 spiro atoms. The van der Waals surface area contributed by atoms with Crippen molar-refractivity contribution in [2.45, 2.75) is 65.5 Å². The van der Waals surface area contributed by atoms with Gasteiger partial charge in [-0.05, 0) is 25.8 Å². The summed E-state index contributed by atoms with van der Waals surface area (Å²) in [6.45, 7) is 9.76. The van der Waals surface area contributed by atoms with Crippen molar-refractivity contribution in [2.75, 3.05) is 19.7 Å². The van der Waals surface area contributed by atoms with Crippen LogP contribution in [0.2, 0.25) is 0 Å². The molecule has 4 heteroatoms. The lowest BCUT2D eigenvalue weighted by atomic mass is 10.1. The zero-order valence-corrected chi connectivity index (χ0v) is 12.4. The van der Waals surface area contributed by atoms with Crippen LogP contribution in [0.15, 0.2) is 0 Å². The number of nitrogens with zero attached hydrogens (tertiary/aromatic N) is 1. The minimum atomic E-state index is 0.0481. The highest BCUT2D eigenvalue weighted by Crippen LogP contribution is 2.10. The fourth-order valence-electron chi connectivity index (χ4n) is 2.12. The van der Waals surface area contributed by atoms with Gasteiger partial charge in [-0.15, -0.1) is 0 Å². The van der Waals surface area contributed by atoms with Gasteiger partial charge in [0.1, 0.15) is 0 Å². The van der Waals surface area contributed by atoms with Crippen LogP contribution < -0.4 is 5.32 Å². The largest absolute Gasteiger partial charge is 0.395 e. The van der Waals surface area contributed by atoms with Crippen molar-refractivity contribution in [1.29, 1.82) is 0 Å². The summed E-state index contributed by atoms with van der Waals surface area (Å²) in [5.74, 6) is 0.170. The summed E-state index contributed by atoms with van der Waals surface area (Å²) in [4.78, 5) is 14.0. The lowest BCUT2D eigenvalue weighted by molar-refractivity contribution is -0.134. The van der Waals surface area contributed by atoms with Gasteiger partial charge >= 0.3 is 0 Å². The predicted molar refractivity (Wildman–Crippen MR) is 75.5 cm³/mol. The molecular weight excluding hydrogens is 228 g/mol. The average Bonchev–Trinajstić information content (AvgIpc) is 2.34.